The number of amides is 1. The number of nitrogens with one attached hydrogen (secondary N) is 1. The number of rotatable bonds is 5. The van der Waals surface area contributed by atoms with Crippen molar-refractivity contribution in [2.24, 2.45) is 0 Å². The number of carbonyl (C=O) groups excluding carboxylic acids is 1. The molecule has 0 aliphatic carbocycles. The minimum absolute atomic E-state index is 0.0367. The lowest BCUT2D eigenvalue weighted by molar-refractivity contribution is -0.146. The number of carboxylic acids is 1. The molecule has 0 unspecified atom stereocenters. The Labute approximate surface area is 106 Å². The average molecular weight is 303 g/mol. The second-order valence-corrected chi connectivity index (χ2v) is 4.08. The molecular weight excluding hydrogens is 292 g/mol. The van der Waals surface area contributed by atoms with E-state index >= 15 is 0 Å². The van der Waals surface area contributed by atoms with Crippen LogP contribution in [-0.2, 0) is 4.79 Å². The van der Waals surface area contributed by atoms with E-state index in [2.05, 4.69) is 26.2 Å². The predicted octanol–water partition coefficient (Wildman–Crippen LogP) is 0.409. The third-order valence-electron chi connectivity index (χ3n) is 1.98. The number of aliphatic carboxylic acids is 1. The van der Waals surface area contributed by atoms with Crippen molar-refractivity contribution in [3.8, 4) is 0 Å². The lowest BCUT2D eigenvalue weighted by Gasteiger charge is -2.07. The van der Waals surface area contributed by atoms with Crippen molar-refractivity contribution in [3.05, 3.63) is 28.5 Å². The summed E-state index contributed by atoms with van der Waals surface area (Å²) in [5.74, 6) is -1.66. The molecule has 1 atom stereocenters. The smallest absolute Gasteiger partial charge is 0.332 e. The van der Waals surface area contributed by atoms with Crippen LogP contribution in [0.2, 0.25) is 0 Å². The summed E-state index contributed by atoms with van der Waals surface area (Å²) < 4.78 is 0.621. The summed E-state index contributed by atoms with van der Waals surface area (Å²) >= 11 is 3.14. The van der Waals surface area contributed by atoms with Crippen LogP contribution in [-0.4, -0.2) is 39.7 Å². The summed E-state index contributed by atoms with van der Waals surface area (Å²) in [5, 5.41) is 19.9. The highest BCUT2D eigenvalue weighted by atomic mass is 79.9. The van der Waals surface area contributed by atoms with E-state index in [1.165, 1.54) is 6.20 Å². The first kappa shape index (κ1) is 13.6. The summed E-state index contributed by atoms with van der Waals surface area (Å²) in [6.07, 6.45) is -0.101. The van der Waals surface area contributed by atoms with E-state index < -0.39 is 12.1 Å². The van der Waals surface area contributed by atoms with Gasteiger partial charge in [-0.2, -0.15) is 0 Å². The van der Waals surface area contributed by atoms with Gasteiger partial charge in [0.05, 0.1) is 5.56 Å². The van der Waals surface area contributed by atoms with E-state index in [0.29, 0.717) is 10.2 Å². The maximum atomic E-state index is 11.5. The van der Waals surface area contributed by atoms with Gasteiger partial charge in [0.1, 0.15) is 4.60 Å². The number of pyridine rings is 1. The van der Waals surface area contributed by atoms with Gasteiger partial charge in [0.2, 0.25) is 0 Å². The maximum Gasteiger partial charge on any atom is 0.332 e. The molecule has 7 heteroatoms. The van der Waals surface area contributed by atoms with Crippen LogP contribution < -0.4 is 5.32 Å². The zero-order valence-corrected chi connectivity index (χ0v) is 10.3. The highest BCUT2D eigenvalue weighted by molar-refractivity contribution is 9.10. The Morgan fingerprint density at radius 2 is 2.18 bits per heavy atom. The van der Waals surface area contributed by atoms with Crippen LogP contribution in [0.1, 0.15) is 16.8 Å². The van der Waals surface area contributed by atoms with Gasteiger partial charge in [0.15, 0.2) is 6.10 Å². The largest absolute Gasteiger partial charge is 0.479 e. The number of aliphatic hydroxyl groups excluding tert-OH is 1. The zero-order valence-electron chi connectivity index (χ0n) is 8.76. The van der Waals surface area contributed by atoms with Crippen LogP contribution in [0.15, 0.2) is 22.9 Å². The fourth-order valence-corrected chi connectivity index (χ4v) is 1.29. The van der Waals surface area contributed by atoms with E-state index in [1.807, 2.05) is 0 Å². The number of carboxylic acid groups (broad SMARTS) is 1. The molecule has 0 radical (unpaired) electrons. The van der Waals surface area contributed by atoms with Crippen molar-refractivity contribution in [2.75, 3.05) is 6.54 Å². The molecule has 0 fully saturated rings. The average Bonchev–Trinajstić information content (AvgIpc) is 2.29. The van der Waals surface area contributed by atoms with Crippen LogP contribution in [0.3, 0.4) is 0 Å². The molecule has 92 valence electrons. The van der Waals surface area contributed by atoms with Crippen molar-refractivity contribution in [2.45, 2.75) is 12.5 Å². The summed E-state index contributed by atoms with van der Waals surface area (Å²) in [7, 11) is 0. The predicted molar refractivity (Wildman–Crippen MR) is 62.5 cm³/mol. The Balaban J connectivity index is 2.40. The first-order valence-electron chi connectivity index (χ1n) is 4.81. The first-order valence-corrected chi connectivity index (χ1v) is 5.60. The van der Waals surface area contributed by atoms with E-state index in [9.17, 15) is 9.59 Å². The molecule has 1 aromatic heterocycles. The standard InChI is InChI=1S/C10H11BrN2O4/c11-8-2-1-6(5-13-8)9(15)12-4-3-7(14)10(16)17/h1-2,5,7,14H,3-4H2,(H,12,15)(H,16,17)/t7-/m0/s1. The molecule has 3 N–H and O–H groups in total. The minimum Gasteiger partial charge on any atom is -0.479 e. The summed E-state index contributed by atoms with van der Waals surface area (Å²) in [6.45, 7) is 0.0857. The Bertz CT molecular complexity index is 407. The molecule has 17 heavy (non-hydrogen) atoms. The van der Waals surface area contributed by atoms with Gasteiger partial charge < -0.3 is 15.5 Å². The molecule has 1 aromatic rings. The van der Waals surface area contributed by atoms with Crippen molar-refractivity contribution in [3.63, 3.8) is 0 Å². The SMILES string of the molecule is O=C(NCC[C@H](O)C(=O)O)c1ccc(Br)nc1. The van der Waals surface area contributed by atoms with Crippen LogP contribution in [0, 0.1) is 0 Å². The molecule has 0 spiro atoms. The van der Waals surface area contributed by atoms with E-state index in [0.717, 1.165) is 0 Å². The van der Waals surface area contributed by atoms with Crippen LogP contribution in [0.5, 0.6) is 0 Å². The van der Waals surface area contributed by atoms with Gasteiger partial charge in [-0.3, -0.25) is 4.79 Å². The second-order valence-electron chi connectivity index (χ2n) is 3.27. The van der Waals surface area contributed by atoms with E-state index in [1.54, 1.807) is 12.1 Å². The Morgan fingerprint density at radius 3 is 2.71 bits per heavy atom. The molecule has 0 saturated carbocycles. The van der Waals surface area contributed by atoms with Gasteiger partial charge in [0.25, 0.3) is 5.91 Å². The molecule has 1 amide bonds. The van der Waals surface area contributed by atoms with Gasteiger partial charge in [-0.15, -0.1) is 0 Å². The van der Waals surface area contributed by atoms with Crippen LogP contribution >= 0.6 is 15.9 Å². The van der Waals surface area contributed by atoms with Gasteiger partial charge in [-0.05, 0) is 28.1 Å². The zero-order chi connectivity index (χ0) is 12.8. The third-order valence-corrected chi connectivity index (χ3v) is 2.45. The first-order chi connectivity index (χ1) is 8.00. The summed E-state index contributed by atoms with van der Waals surface area (Å²) in [4.78, 5) is 25.7. The van der Waals surface area contributed by atoms with Gasteiger partial charge >= 0.3 is 5.97 Å². The highest BCUT2D eigenvalue weighted by Crippen LogP contribution is 2.06. The number of nitrogens with zero attached hydrogens (tertiary/aromatic N) is 1. The van der Waals surface area contributed by atoms with E-state index in [-0.39, 0.29) is 18.9 Å². The highest BCUT2D eigenvalue weighted by Gasteiger charge is 2.13. The minimum atomic E-state index is -1.46. The van der Waals surface area contributed by atoms with Gasteiger partial charge in [-0.25, -0.2) is 9.78 Å². The summed E-state index contributed by atoms with van der Waals surface area (Å²) in [6, 6.07) is 3.21. The lowest BCUT2D eigenvalue weighted by atomic mass is 10.2. The molecule has 0 aromatic carbocycles. The van der Waals surface area contributed by atoms with Gasteiger partial charge in [-0.1, -0.05) is 0 Å². The Hall–Kier alpha value is -1.47. The van der Waals surface area contributed by atoms with Crippen LogP contribution in [0.25, 0.3) is 0 Å². The third kappa shape index (κ3) is 4.49. The molecule has 0 aliphatic heterocycles. The molecule has 0 bridgehead atoms. The molecule has 1 rings (SSSR count). The Morgan fingerprint density at radius 1 is 1.47 bits per heavy atom. The van der Waals surface area contributed by atoms with E-state index in [4.69, 9.17) is 10.2 Å². The van der Waals surface area contributed by atoms with Crippen molar-refractivity contribution >= 4 is 27.8 Å². The molecular formula is C10H11BrN2O4. The molecule has 1 heterocycles. The quantitative estimate of drug-likeness (QED) is 0.684. The normalized spacial score (nSPS) is 11.9. The molecule has 0 saturated heterocycles. The monoisotopic (exact) mass is 302 g/mol. The molecule has 0 aliphatic rings. The lowest BCUT2D eigenvalue weighted by Crippen LogP contribution is -2.30. The number of aliphatic hydroxyl groups is 1. The van der Waals surface area contributed by atoms with Crippen molar-refractivity contribution in [1.29, 1.82) is 0 Å². The second kappa shape index (κ2) is 6.31. The number of hydrogen-bond donors (Lipinski definition) is 3. The number of hydrogen-bond acceptors (Lipinski definition) is 4. The topological polar surface area (TPSA) is 99.5 Å². The van der Waals surface area contributed by atoms with Gasteiger partial charge in [0, 0.05) is 19.2 Å². The fourth-order valence-electron chi connectivity index (χ4n) is 1.06. The maximum absolute atomic E-state index is 11.5. The summed E-state index contributed by atoms with van der Waals surface area (Å²) in [5.41, 5.74) is 0.373. The number of carbonyl (C=O) groups is 2. The van der Waals surface area contributed by atoms with Crippen LogP contribution in [0.4, 0.5) is 0 Å². The Kier molecular flexibility index (Phi) is 5.05. The number of aromatic nitrogens is 1. The van der Waals surface area contributed by atoms with Crippen molar-refractivity contribution < 1.29 is 19.8 Å². The number of halogens is 1. The fraction of sp³-hybridized carbons (Fsp3) is 0.300. The van der Waals surface area contributed by atoms with Crippen molar-refractivity contribution in [1.82, 2.24) is 10.3 Å². The molecule has 6 nitrogen and oxygen atoms in total.